The topological polar surface area (TPSA) is 57.6 Å². The fraction of sp³-hybridized carbons (Fsp3) is 0.667. The first-order chi connectivity index (χ1) is 11.0. The summed E-state index contributed by atoms with van der Waals surface area (Å²) in [6.07, 6.45) is 6.23. The monoisotopic (exact) mass is 339 g/mol. The van der Waals surface area contributed by atoms with E-state index in [4.69, 9.17) is 0 Å². The van der Waals surface area contributed by atoms with E-state index in [1.807, 2.05) is 19.1 Å². The van der Waals surface area contributed by atoms with Gasteiger partial charge in [-0.2, -0.15) is 4.31 Å². The van der Waals surface area contributed by atoms with E-state index in [0.29, 0.717) is 11.4 Å². The third kappa shape index (κ3) is 4.55. The maximum atomic E-state index is 13.0. The SMILES string of the molecule is CCCCCC[C@H]1C[C@H](CO)CN1S(=O)(=O)c1ccc(C)cc1. The van der Waals surface area contributed by atoms with Crippen LogP contribution in [-0.2, 0) is 10.0 Å². The van der Waals surface area contributed by atoms with Crippen molar-refractivity contribution in [2.75, 3.05) is 13.2 Å². The Morgan fingerprint density at radius 3 is 2.48 bits per heavy atom. The van der Waals surface area contributed by atoms with Crippen LogP contribution >= 0.6 is 0 Å². The fourth-order valence-electron chi connectivity index (χ4n) is 3.32. The molecule has 0 unspecified atom stereocenters. The molecule has 0 aromatic heterocycles. The average molecular weight is 340 g/mol. The highest BCUT2D eigenvalue weighted by atomic mass is 32.2. The highest BCUT2D eigenvalue weighted by Gasteiger charge is 2.39. The summed E-state index contributed by atoms with van der Waals surface area (Å²) in [4.78, 5) is 0.361. The van der Waals surface area contributed by atoms with Crippen molar-refractivity contribution < 1.29 is 13.5 Å². The van der Waals surface area contributed by atoms with Crippen LogP contribution in [-0.4, -0.2) is 37.0 Å². The lowest BCUT2D eigenvalue weighted by Gasteiger charge is -2.24. The molecule has 0 amide bonds. The van der Waals surface area contributed by atoms with Gasteiger partial charge in [0.25, 0.3) is 0 Å². The molecule has 1 fully saturated rings. The highest BCUT2D eigenvalue weighted by Crippen LogP contribution is 2.32. The summed E-state index contributed by atoms with van der Waals surface area (Å²) in [5.41, 5.74) is 1.05. The lowest BCUT2D eigenvalue weighted by molar-refractivity contribution is 0.233. The molecular weight excluding hydrogens is 310 g/mol. The third-order valence-electron chi connectivity index (χ3n) is 4.73. The molecule has 1 aromatic rings. The molecule has 0 saturated carbocycles. The van der Waals surface area contributed by atoms with Crippen LogP contribution in [0.4, 0.5) is 0 Å². The van der Waals surface area contributed by atoms with Crippen LogP contribution in [0.15, 0.2) is 29.2 Å². The quantitative estimate of drug-likeness (QED) is 0.739. The normalized spacial score (nSPS) is 22.6. The molecule has 1 aliphatic rings. The average Bonchev–Trinajstić information content (AvgIpc) is 2.96. The largest absolute Gasteiger partial charge is 0.396 e. The smallest absolute Gasteiger partial charge is 0.243 e. The summed E-state index contributed by atoms with van der Waals surface area (Å²) < 4.78 is 27.5. The minimum Gasteiger partial charge on any atom is -0.396 e. The van der Waals surface area contributed by atoms with Gasteiger partial charge in [-0.15, -0.1) is 0 Å². The summed E-state index contributed by atoms with van der Waals surface area (Å²) >= 11 is 0. The summed E-state index contributed by atoms with van der Waals surface area (Å²) in [5, 5.41) is 9.46. The predicted molar refractivity (Wildman–Crippen MR) is 92.8 cm³/mol. The Morgan fingerprint density at radius 2 is 1.87 bits per heavy atom. The van der Waals surface area contributed by atoms with Gasteiger partial charge < -0.3 is 5.11 Å². The Hall–Kier alpha value is -0.910. The second-order valence-corrected chi connectivity index (χ2v) is 8.57. The lowest BCUT2D eigenvalue weighted by atomic mass is 10.0. The van der Waals surface area contributed by atoms with Crippen LogP contribution in [0.2, 0.25) is 0 Å². The predicted octanol–water partition coefficient (Wildman–Crippen LogP) is 3.34. The number of aliphatic hydroxyl groups is 1. The van der Waals surface area contributed by atoms with Gasteiger partial charge in [-0.1, -0.05) is 50.3 Å². The number of aryl methyl sites for hydroxylation is 1. The third-order valence-corrected chi connectivity index (χ3v) is 6.66. The number of hydrogen-bond acceptors (Lipinski definition) is 3. The molecule has 1 aromatic carbocycles. The van der Waals surface area contributed by atoms with E-state index >= 15 is 0 Å². The zero-order chi connectivity index (χ0) is 16.9. The molecule has 4 nitrogen and oxygen atoms in total. The number of unbranched alkanes of at least 4 members (excludes halogenated alkanes) is 3. The Kier molecular flexibility index (Phi) is 6.62. The van der Waals surface area contributed by atoms with E-state index in [0.717, 1.165) is 31.2 Å². The zero-order valence-corrected chi connectivity index (χ0v) is 15.1. The standard InChI is InChI=1S/C18H29NO3S/c1-3-4-5-6-7-17-12-16(14-20)13-19(17)23(21,22)18-10-8-15(2)9-11-18/h8-11,16-17,20H,3-7,12-14H2,1-2H3/t16-,17-/m0/s1. The molecule has 5 heteroatoms. The van der Waals surface area contributed by atoms with Crippen LogP contribution in [0.25, 0.3) is 0 Å². The van der Waals surface area contributed by atoms with Crippen LogP contribution in [0, 0.1) is 12.8 Å². The fourth-order valence-corrected chi connectivity index (χ4v) is 5.06. The Morgan fingerprint density at radius 1 is 1.17 bits per heavy atom. The van der Waals surface area contributed by atoms with E-state index in [-0.39, 0.29) is 18.6 Å². The second-order valence-electron chi connectivity index (χ2n) is 6.68. The molecule has 0 radical (unpaired) electrons. The zero-order valence-electron chi connectivity index (χ0n) is 14.2. The molecule has 2 atom stereocenters. The van der Waals surface area contributed by atoms with Gasteiger partial charge in [-0.3, -0.25) is 0 Å². The van der Waals surface area contributed by atoms with E-state index in [2.05, 4.69) is 6.92 Å². The molecule has 1 N–H and O–H groups in total. The van der Waals surface area contributed by atoms with Crippen LogP contribution < -0.4 is 0 Å². The molecule has 1 heterocycles. The lowest BCUT2D eigenvalue weighted by Crippen LogP contribution is -2.35. The van der Waals surface area contributed by atoms with Gasteiger partial charge in [0.2, 0.25) is 10.0 Å². The summed E-state index contributed by atoms with van der Waals surface area (Å²) in [5.74, 6) is 0.0615. The molecule has 1 saturated heterocycles. The molecule has 130 valence electrons. The highest BCUT2D eigenvalue weighted by molar-refractivity contribution is 7.89. The van der Waals surface area contributed by atoms with Crippen molar-refractivity contribution in [3.8, 4) is 0 Å². The number of rotatable bonds is 8. The molecular formula is C18H29NO3S. The number of nitrogens with zero attached hydrogens (tertiary/aromatic N) is 1. The number of hydrogen-bond donors (Lipinski definition) is 1. The minimum absolute atomic E-state index is 0.0234. The Bertz CT molecular complexity index is 583. The van der Waals surface area contributed by atoms with Crippen molar-refractivity contribution in [1.29, 1.82) is 0 Å². The Labute approximate surface area is 140 Å². The van der Waals surface area contributed by atoms with Crippen molar-refractivity contribution in [3.05, 3.63) is 29.8 Å². The van der Waals surface area contributed by atoms with Gasteiger partial charge in [-0.25, -0.2) is 8.42 Å². The van der Waals surface area contributed by atoms with Crippen molar-refractivity contribution in [3.63, 3.8) is 0 Å². The van der Waals surface area contributed by atoms with Gasteiger partial charge in [0, 0.05) is 19.2 Å². The molecule has 2 rings (SSSR count). The van der Waals surface area contributed by atoms with Crippen LogP contribution in [0.5, 0.6) is 0 Å². The van der Waals surface area contributed by atoms with Gasteiger partial charge in [0.05, 0.1) is 4.90 Å². The summed E-state index contributed by atoms with van der Waals surface area (Å²) in [6.45, 7) is 4.62. The van der Waals surface area contributed by atoms with E-state index in [1.165, 1.54) is 12.8 Å². The molecule has 0 bridgehead atoms. The van der Waals surface area contributed by atoms with Crippen molar-refractivity contribution >= 4 is 10.0 Å². The minimum atomic E-state index is -3.47. The van der Waals surface area contributed by atoms with Crippen LogP contribution in [0.1, 0.15) is 51.0 Å². The van der Waals surface area contributed by atoms with Gasteiger partial charge in [-0.05, 0) is 37.8 Å². The van der Waals surface area contributed by atoms with E-state index in [9.17, 15) is 13.5 Å². The molecule has 0 spiro atoms. The first-order valence-electron chi connectivity index (χ1n) is 8.68. The van der Waals surface area contributed by atoms with Gasteiger partial charge in [0.1, 0.15) is 0 Å². The maximum Gasteiger partial charge on any atom is 0.243 e. The Balaban J connectivity index is 2.13. The number of sulfonamides is 1. The van der Waals surface area contributed by atoms with Crippen LogP contribution in [0.3, 0.4) is 0 Å². The van der Waals surface area contributed by atoms with Crippen molar-refractivity contribution in [2.24, 2.45) is 5.92 Å². The first kappa shape index (κ1) is 18.4. The van der Waals surface area contributed by atoms with Gasteiger partial charge >= 0.3 is 0 Å². The van der Waals surface area contributed by atoms with Crippen molar-refractivity contribution in [1.82, 2.24) is 4.31 Å². The first-order valence-corrected chi connectivity index (χ1v) is 10.1. The molecule has 1 aliphatic heterocycles. The van der Waals surface area contributed by atoms with Gasteiger partial charge in [0.15, 0.2) is 0 Å². The molecule has 0 aliphatic carbocycles. The summed E-state index contributed by atoms with van der Waals surface area (Å²) in [6, 6.07) is 7.07. The second kappa shape index (κ2) is 8.27. The summed E-state index contributed by atoms with van der Waals surface area (Å²) in [7, 11) is -3.47. The van der Waals surface area contributed by atoms with E-state index in [1.54, 1.807) is 16.4 Å². The number of benzene rings is 1. The maximum absolute atomic E-state index is 13.0. The van der Waals surface area contributed by atoms with Crippen molar-refractivity contribution in [2.45, 2.75) is 63.3 Å². The molecule has 23 heavy (non-hydrogen) atoms. The number of aliphatic hydroxyl groups excluding tert-OH is 1. The van der Waals surface area contributed by atoms with E-state index < -0.39 is 10.0 Å².